The number of rotatable bonds is 10. The van der Waals surface area contributed by atoms with Gasteiger partial charge in [-0.05, 0) is 77.7 Å². The standard InChI is InChI=1S/C22H18BrClF6N2O2.C18H11BrClF6NO/c1-2-3-19(33)31-11-13-5-4-12(6-17(13)24)18-10-20(34-32-18,22(28,29)30)14-7-15(21(25,26)27)9-16(23)8-14;19-13-4-11(3-12(6-13)17(21,22)23)14(18(24,25)26)7-16(28)9-1-2-10(8-27)15(20)5-9/h4-9H,2-3,10-11H2,1H3,(H,31,33);1-7H,8,27H2/b;14-7-. The van der Waals surface area contributed by atoms with Gasteiger partial charge in [-0.3, -0.25) is 9.59 Å². The van der Waals surface area contributed by atoms with E-state index >= 15 is 0 Å². The molecule has 1 heterocycles. The zero-order valence-electron chi connectivity index (χ0n) is 31.3. The van der Waals surface area contributed by atoms with Crippen molar-refractivity contribution in [1.82, 2.24) is 5.32 Å². The van der Waals surface area contributed by atoms with Crippen molar-refractivity contribution in [2.45, 2.75) is 69.6 Å². The van der Waals surface area contributed by atoms with Gasteiger partial charge in [-0.25, -0.2) is 0 Å². The second kappa shape index (κ2) is 19.7. The van der Waals surface area contributed by atoms with E-state index in [1.165, 1.54) is 30.3 Å². The molecule has 1 aliphatic rings. The van der Waals surface area contributed by atoms with Crippen molar-refractivity contribution < 1.29 is 67.1 Å². The molecule has 0 saturated carbocycles. The molecule has 62 heavy (non-hydrogen) atoms. The van der Waals surface area contributed by atoms with Crippen LogP contribution in [0.5, 0.6) is 0 Å². The third kappa shape index (κ3) is 12.5. The van der Waals surface area contributed by atoms with Gasteiger partial charge in [0.05, 0.1) is 22.4 Å². The highest BCUT2D eigenvalue weighted by Crippen LogP contribution is 2.50. The predicted octanol–water partition coefficient (Wildman–Crippen LogP) is 13.5. The zero-order valence-corrected chi connectivity index (χ0v) is 36.0. The Morgan fingerprint density at radius 3 is 1.90 bits per heavy atom. The number of nitrogens with two attached hydrogens (primary N) is 1. The van der Waals surface area contributed by atoms with Crippen LogP contribution in [0.1, 0.15) is 75.5 Å². The van der Waals surface area contributed by atoms with Crippen LogP contribution in [-0.2, 0) is 40.7 Å². The summed E-state index contributed by atoms with van der Waals surface area (Å²) < 4.78 is 161. The van der Waals surface area contributed by atoms with Crippen LogP contribution in [0.15, 0.2) is 93.0 Å². The van der Waals surface area contributed by atoms with Crippen LogP contribution >= 0.6 is 55.1 Å². The summed E-state index contributed by atoms with van der Waals surface area (Å²) in [6.07, 6.45) is -19.5. The molecule has 0 saturated heterocycles. The van der Waals surface area contributed by atoms with Gasteiger partial charge in [0.25, 0.3) is 5.60 Å². The molecule has 0 fully saturated rings. The molecule has 1 atom stereocenters. The van der Waals surface area contributed by atoms with E-state index in [4.69, 9.17) is 33.8 Å². The fraction of sp³-hybridized carbons (Fsp3) is 0.275. The summed E-state index contributed by atoms with van der Waals surface area (Å²) in [5, 5.41) is 6.53. The van der Waals surface area contributed by atoms with Crippen LogP contribution in [0.2, 0.25) is 10.0 Å². The second-order valence-electron chi connectivity index (χ2n) is 13.3. The first-order chi connectivity index (χ1) is 28.6. The summed E-state index contributed by atoms with van der Waals surface area (Å²) in [7, 11) is 0. The van der Waals surface area contributed by atoms with Crippen molar-refractivity contribution in [3.63, 3.8) is 0 Å². The predicted molar refractivity (Wildman–Crippen MR) is 214 cm³/mol. The molecule has 3 N–H and O–H groups in total. The third-order valence-corrected chi connectivity index (χ3v) is 10.5. The van der Waals surface area contributed by atoms with E-state index in [2.05, 4.69) is 42.3 Å². The maximum Gasteiger partial charge on any atom is 0.435 e. The number of nitrogens with zero attached hydrogens (tertiary/aromatic N) is 1. The maximum atomic E-state index is 14.2. The van der Waals surface area contributed by atoms with Crippen molar-refractivity contribution in [2.24, 2.45) is 10.9 Å². The molecule has 1 aliphatic heterocycles. The first kappa shape index (κ1) is 50.5. The summed E-state index contributed by atoms with van der Waals surface area (Å²) in [6.45, 7) is 2.05. The molecule has 0 radical (unpaired) electrons. The molecule has 6 nitrogen and oxygen atoms in total. The normalized spacial score (nSPS) is 16.0. The van der Waals surface area contributed by atoms with Gasteiger partial charge in [-0.2, -0.15) is 52.7 Å². The largest absolute Gasteiger partial charge is 0.435 e. The summed E-state index contributed by atoms with van der Waals surface area (Å²) in [5.41, 5.74) is -2.31. The smallest absolute Gasteiger partial charge is 0.374 e. The van der Waals surface area contributed by atoms with Gasteiger partial charge in [0.2, 0.25) is 5.91 Å². The first-order valence-corrected chi connectivity index (χ1v) is 19.9. The molecule has 334 valence electrons. The van der Waals surface area contributed by atoms with Crippen LogP contribution in [-0.4, -0.2) is 29.8 Å². The average molecular weight is 1060 g/mol. The highest BCUT2D eigenvalue weighted by atomic mass is 79.9. The molecule has 0 bridgehead atoms. The Hall–Kier alpha value is -4.11. The van der Waals surface area contributed by atoms with Crippen LogP contribution < -0.4 is 11.1 Å². The van der Waals surface area contributed by atoms with E-state index in [-0.39, 0.29) is 60.9 Å². The van der Waals surface area contributed by atoms with Gasteiger partial charge in [-0.1, -0.05) is 91.4 Å². The van der Waals surface area contributed by atoms with Crippen LogP contribution in [0.4, 0.5) is 52.7 Å². The van der Waals surface area contributed by atoms with Gasteiger partial charge in [0.1, 0.15) is 0 Å². The Balaban J connectivity index is 0.000000278. The fourth-order valence-electron chi connectivity index (χ4n) is 5.74. The first-order valence-electron chi connectivity index (χ1n) is 17.5. The molecule has 0 aliphatic carbocycles. The molecule has 0 spiro atoms. The lowest BCUT2D eigenvalue weighted by Gasteiger charge is -2.30. The van der Waals surface area contributed by atoms with Crippen LogP contribution in [0.25, 0.3) is 5.57 Å². The van der Waals surface area contributed by atoms with Crippen molar-refractivity contribution in [1.29, 1.82) is 0 Å². The Morgan fingerprint density at radius 1 is 0.790 bits per heavy atom. The zero-order chi connectivity index (χ0) is 46.6. The van der Waals surface area contributed by atoms with Crippen LogP contribution in [0.3, 0.4) is 0 Å². The van der Waals surface area contributed by atoms with E-state index in [0.717, 1.165) is 18.2 Å². The number of benzene rings is 4. The van der Waals surface area contributed by atoms with Gasteiger partial charge < -0.3 is 15.9 Å². The van der Waals surface area contributed by atoms with E-state index in [1.54, 1.807) is 0 Å². The average Bonchev–Trinajstić information content (AvgIpc) is 3.63. The van der Waals surface area contributed by atoms with E-state index in [1.807, 2.05) is 6.92 Å². The van der Waals surface area contributed by atoms with E-state index in [0.29, 0.717) is 48.2 Å². The van der Waals surface area contributed by atoms with Gasteiger partial charge in [0.15, 0.2) is 5.78 Å². The molecule has 4 aromatic carbocycles. The third-order valence-electron chi connectivity index (χ3n) is 8.89. The highest BCUT2D eigenvalue weighted by molar-refractivity contribution is 9.10. The SMILES string of the molecule is CCCC(=O)NCc1ccc(C2=NOC(c3cc(Br)cc(C(F)(F)F)c3)(C(F)(F)F)C2)cc1Cl.NCc1ccc(C(=O)/C=C(/c2cc(Br)cc(C(F)(F)F)c2)C(F)(F)F)cc1Cl. The molecular formula is C40H29Br2Cl2F12N3O3. The molecule has 22 heteroatoms. The van der Waals surface area contributed by atoms with Crippen molar-refractivity contribution in [3.05, 3.63) is 142 Å². The highest BCUT2D eigenvalue weighted by Gasteiger charge is 2.62. The van der Waals surface area contributed by atoms with Gasteiger partial charge >= 0.3 is 24.7 Å². The number of halogens is 16. The number of carbonyl (C=O) groups excluding carboxylic acids is 2. The number of ketones is 1. The summed E-state index contributed by atoms with van der Waals surface area (Å²) in [6, 6.07) is 12.0. The quantitative estimate of drug-likeness (QED) is 0.0940. The lowest BCUT2D eigenvalue weighted by molar-refractivity contribution is -0.276. The number of carbonyl (C=O) groups is 2. The number of amides is 1. The number of alkyl halides is 12. The van der Waals surface area contributed by atoms with Gasteiger partial charge in [-0.15, -0.1) is 0 Å². The minimum atomic E-state index is -5.07. The molecule has 4 aromatic rings. The maximum absolute atomic E-state index is 14.2. The lowest BCUT2D eigenvalue weighted by atomic mass is 9.85. The fourth-order valence-corrected chi connectivity index (χ4v) is 7.23. The molecular weight excluding hydrogens is 1030 g/mol. The summed E-state index contributed by atoms with van der Waals surface area (Å²) >= 11 is 17.8. The molecule has 5 rings (SSSR count). The number of oxime groups is 1. The topological polar surface area (TPSA) is 93.8 Å². The number of allylic oxidation sites excluding steroid dienone is 2. The number of hydrogen-bond acceptors (Lipinski definition) is 5. The minimum absolute atomic E-state index is 0.0647. The lowest BCUT2D eigenvalue weighted by Crippen LogP contribution is -2.43. The van der Waals surface area contributed by atoms with Crippen molar-refractivity contribution in [2.75, 3.05) is 0 Å². The number of nitrogens with one attached hydrogen (secondary N) is 1. The van der Waals surface area contributed by atoms with E-state index < -0.39 is 70.3 Å². The second-order valence-corrected chi connectivity index (χ2v) is 16.0. The Morgan fingerprint density at radius 2 is 1.37 bits per heavy atom. The monoisotopic (exact) mass is 1050 g/mol. The Kier molecular flexibility index (Phi) is 16.1. The molecule has 1 unspecified atom stereocenters. The number of hydrogen-bond donors (Lipinski definition) is 2. The molecule has 0 aromatic heterocycles. The summed E-state index contributed by atoms with van der Waals surface area (Å²) in [4.78, 5) is 28.8. The minimum Gasteiger partial charge on any atom is -0.374 e. The van der Waals surface area contributed by atoms with Crippen LogP contribution in [0, 0.1) is 0 Å². The Labute approximate surface area is 371 Å². The van der Waals surface area contributed by atoms with E-state index in [9.17, 15) is 62.3 Å². The van der Waals surface area contributed by atoms with Gasteiger partial charge in [0, 0.05) is 61.6 Å². The van der Waals surface area contributed by atoms with Crippen molar-refractivity contribution >= 4 is 78.0 Å². The molecule has 1 amide bonds. The Bertz CT molecular complexity index is 2380. The van der Waals surface area contributed by atoms with Crippen molar-refractivity contribution in [3.8, 4) is 0 Å². The summed E-state index contributed by atoms with van der Waals surface area (Å²) in [5.74, 6) is -1.23.